The molecule has 36 heavy (non-hydrogen) atoms. The summed E-state index contributed by atoms with van der Waals surface area (Å²) in [6.07, 6.45) is 0.296. The van der Waals surface area contributed by atoms with Crippen LogP contribution in [0.3, 0.4) is 0 Å². The summed E-state index contributed by atoms with van der Waals surface area (Å²) >= 11 is 8.91. The smallest absolute Gasteiger partial charge is 0.234 e. The predicted octanol–water partition coefficient (Wildman–Crippen LogP) is 7.32. The average molecular weight is 532 g/mol. The number of benzene rings is 4. The van der Waals surface area contributed by atoms with Crippen LogP contribution in [0, 0.1) is 6.92 Å². The molecule has 5 aromatic rings. The lowest BCUT2D eigenvalue weighted by Gasteiger charge is -2.08. The van der Waals surface area contributed by atoms with Crippen molar-refractivity contribution in [2.24, 2.45) is 0 Å². The summed E-state index contributed by atoms with van der Waals surface area (Å²) in [6.45, 7) is 1.92. The Morgan fingerprint density at radius 3 is 2.67 bits per heavy atom. The predicted molar refractivity (Wildman–Crippen MR) is 151 cm³/mol. The van der Waals surface area contributed by atoms with Gasteiger partial charge in [-0.3, -0.25) is 9.59 Å². The molecule has 1 heterocycles. The molecule has 4 aromatic carbocycles. The molecule has 0 unspecified atom stereocenters. The fourth-order valence-corrected chi connectivity index (χ4v) is 5.99. The minimum atomic E-state index is -0.119. The molecule has 0 aliphatic heterocycles. The number of amides is 2. The van der Waals surface area contributed by atoms with Crippen LogP contribution in [0.2, 0.25) is 5.02 Å². The normalized spacial score (nSPS) is 11.1. The van der Waals surface area contributed by atoms with E-state index < -0.39 is 0 Å². The van der Waals surface area contributed by atoms with Crippen molar-refractivity contribution in [3.05, 3.63) is 95.0 Å². The zero-order chi connectivity index (χ0) is 25.1. The number of carbonyl (C=O) groups is 2. The van der Waals surface area contributed by atoms with Crippen molar-refractivity contribution in [1.29, 1.82) is 0 Å². The number of hydrogen-bond acceptors (Lipinski definition) is 5. The Kier molecular flexibility index (Phi) is 7.23. The summed E-state index contributed by atoms with van der Waals surface area (Å²) in [5, 5.41) is 8.69. The molecule has 0 aliphatic carbocycles. The van der Waals surface area contributed by atoms with Crippen molar-refractivity contribution < 1.29 is 9.59 Å². The monoisotopic (exact) mass is 531 g/mol. The first-order valence-electron chi connectivity index (χ1n) is 11.3. The molecule has 5 rings (SSSR count). The Hall–Kier alpha value is -3.39. The maximum absolute atomic E-state index is 12.8. The van der Waals surface area contributed by atoms with Gasteiger partial charge in [0.05, 0.1) is 22.4 Å². The van der Waals surface area contributed by atoms with Gasteiger partial charge in [-0.05, 0) is 59.2 Å². The Morgan fingerprint density at radius 1 is 0.944 bits per heavy atom. The Bertz CT molecular complexity index is 1590. The molecule has 0 radical (unpaired) electrons. The van der Waals surface area contributed by atoms with E-state index in [0.29, 0.717) is 17.1 Å². The van der Waals surface area contributed by atoms with Crippen molar-refractivity contribution in [3.63, 3.8) is 0 Å². The van der Waals surface area contributed by atoms with Gasteiger partial charge in [0.1, 0.15) is 0 Å². The van der Waals surface area contributed by atoms with Gasteiger partial charge in [0.15, 0.2) is 4.34 Å². The number of nitrogens with zero attached hydrogens (tertiary/aromatic N) is 1. The molecule has 5 nitrogen and oxygen atoms in total. The van der Waals surface area contributed by atoms with Crippen molar-refractivity contribution in [3.8, 4) is 0 Å². The average Bonchev–Trinajstić information content (AvgIpc) is 3.27. The van der Waals surface area contributed by atoms with Crippen LogP contribution in [-0.4, -0.2) is 22.6 Å². The largest absolute Gasteiger partial charge is 0.326 e. The number of halogens is 1. The molecule has 0 spiro atoms. The first-order chi connectivity index (χ1) is 17.4. The van der Waals surface area contributed by atoms with Crippen LogP contribution >= 0.6 is 34.7 Å². The number of carbonyl (C=O) groups excluding carboxylic acids is 2. The summed E-state index contributed by atoms with van der Waals surface area (Å²) < 4.78 is 1.74. The van der Waals surface area contributed by atoms with Gasteiger partial charge in [0.25, 0.3) is 0 Å². The zero-order valence-corrected chi connectivity index (χ0v) is 21.8. The fraction of sp³-hybridized carbons (Fsp3) is 0.107. The number of hydrogen-bond donors (Lipinski definition) is 2. The van der Waals surface area contributed by atoms with Crippen LogP contribution in [0.15, 0.2) is 83.2 Å². The van der Waals surface area contributed by atoms with E-state index in [0.717, 1.165) is 42.1 Å². The standard InChI is InChI=1S/C28H22ClN3O2S2/c1-17-9-10-20(29)14-24(17)31-27(34)16-35-28-32-23-12-11-21(15-25(23)36-28)30-26(33)13-19-7-4-6-18-5-2-3-8-22(18)19/h2-12,14-15H,13,16H2,1H3,(H,30,33)(H,31,34). The number of aryl methyl sites for hydroxylation is 1. The van der Waals surface area contributed by atoms with Gasteiger partial charge in [-0.25, -0.2) is 4.98 Å². The lowest BCUT2D eigenvalue weighted by molar-refractivity contribution is -0.115. The second kappa shape index (κ2) is 10.7. The van der Waals surface area contributed by atoms with Crippen LogP contribution in [0.25, 0.3) is 21.0 Å². The molecule has 8 heteroatoms. The Balaban J connectivity index is 1.21. The molecule has 2 N–H and O–H groups in total. The van der Waals surface area contributed by atoms with Gasteiger partial charge in [-0.2, -0.15) is 0 Å². The first-order valence-corrected chi connectivity index (χ1v) is 13.5. The number of nitrogens with one attached hydrogen (secondary N) is 2. The molecule has 0 saturated carbocycles. The van der Waals surface area contributed by atoms with Gasteiger partial charge in [-0.1, -0.05) is 71.9 Å². The van der Waals surface area contributed by atoms with Crippen molar-refractivity contribution in [1.82, 2.24) is 4.98 Å². The molecule has 0 atom stereocenters. The van der Waals surface area contributed by atoms with Crippen LogP contribution in [0.5, 0.6) is 0 Å². The molecule has 1 aromatic heterocycles. The summed E-state index contributed by atoms with van der Waals surface area (Å²) in [5.41, 5.74) is 4.21. The summed E-state index contributed by atoms with van der Waals surface area (Å²) in [5.74, 6) is 0.0456. The third kappa shape index (κ3) is 5.70. The highest BCUT2D eigenvalue weighted by Crippen LogP contribution is 2.32. The minimum absolute atomic E-state index is 0.0715. The SMILES string of the molecule is Cc1ccc(Cl)cc1NC(=O)CSc1nc2ccc(NC(=O)Cc3cccc4ccccc34)cc2s1. The van der Waals surface area contributed by atoms with Crippen molar-refractivity contribution in [2.45, 2.75) is 17.7 Å². The van der Waals surface area contributed by atoms with Crippen LogP contribution < -0.4 is 10.6 Å². The maximum Gasteiger partial charge on any atom is 0.234 e. The highest BCUT2D eigenvalue weighted by atomic mass is 35.5. The zero-order valence-electron chi connectivity index (χ0n) is 19.4. The second-order valence-electron chi connectivity index (χ2n) is 8.32. The van der Waals surface area contributed by atoms with Crippen molar-refractivity contribution >= 4 is 78.9 Å². The van der Waals surface area contributed by atoms with E-state index >= 15 is 0 Å². The van der Waals surface area contributed by atoms with E-state index in [9.17, 15) is 9.59 Å². The highest BCUT2D eigenvalue weighted by molar-refractivity contribution is 8.01. The number of thiazole rings is 1. The van der Waals surface area contributed by atoms with E-state index in [1.165, 1.54) is 23.1 Å². The fourth-order valence-electron chi connectivity index (χ4n) is 3.91. The molecule has 0 saturated heterocycles. The van der Waals surface area contributed by atoms with E-state index in [4.69, 9.17) is 11.6 Å². The number of fused-ring (bicyclic) bond motifs is 2. The maximum atomic E-state index is 12.8. The third-order valence-electron chi connectivity index (χ3n) is 5.68. The number of rotatable bonds is 7. The summed E-state index contributed by atoms with van der Waals surface area (Å²) in [6, 6.07) is 25.2. The number of aromatic nitrogens is 1. The first kappa shape index (κ1) is 24.3. The van der Waals surface area contributed by atoms with E-state index in [1.807, 2.05) is 73.7 Å². The van der Waals surface area contributed by atoms with Gasteiger partial charge in [-0.15, -0.1) is 11.3 Å². The quantitative estimate of drug-likeness (QED) is 0.216. The van der Waals surface area contributed by atoms with Gasteiger partial charge >= 0.3 is 0 Å². The highest BCUT2D eigenvalue weighted by Gasteiger charge is 2.12. The molecular weight excluding hydrogens is 510 g/mol. The van der Waals surface area contributed by atoms with Crippen LogP contribution in [0.4, 0.5) is 11.4 Å². The summed E-state index contributed by atoms with van der Waals surface area (Å²) in [4.78, 5) is 29.8. The van der Waals surface area contributed by atoms with Crippen molar-refractivity contribution in [2.75, 3.05) is 16.4 Å². The molecule has 2 amide bonds. The van der Waals surface area contributed by atoms with Gasteiger partial charge in [0.2, 0.25) is 11.8 Å². The van der Waals surface area contributed by atoms with Crippen LogP contribution in [-0.2, 0) is 16.0 Å². The van der Waals surface area contributed by atoms with E-state index in [2.05, 4.69) is 15.6 Å². The van der Waals surface area contributed by atoms with Gasteiger partial charge in [0, 0.05) is 16.4 Å². The lowest BCUT2D eigenvalue weighted by atomic mass is 10.0. The number of anilines is 2. The topological polar surface area (TPSA) is 71.1 Å². The van der Waals surface area contributed by atoms with Gasteiger partial charge < -0.3 is 10.6 Å². The van der Waals surface area contributed by atoms with E-state index in [-0.39, 0.29) is 17.6 Å². The molecule has 0 fully saturated rings. The molecular formula is C28H22ClN3O2S2. The molecule has 0 bridgehead atoms. The molecule has 180 valence electrons. The molecule has 0 aliphatic rings. The number of thioether (sulfide) groups is 1. The van der Waals surface area contributed by atoms with E-state index in [1.54, 1.807) is 12.1 Å². The summed E-state index contributed by atoms with van der Waals surface area (Å²) in [7, 11) is 0. The minimum Gasteiger partial charge on any atom is -0.326 e. The van der Waals surface area contributed by atoms with Crippen LogP contribution in [0.1, 0.15) is 11.1 Å². The second-order valence-corrected chi connectivity index (χ2v) is 11.0. The third-order valence-corrected chi connectivity index (χ3v) is 8.08. The Morgan fingerprint density at radius 2 is 1.78 bits per heavy atom. The lowest BCUT2D eigenvalue weighted by Crippen LogP contribution is -2.14. The Labute approximate surface area is 221 Å².